The number of methoxy groups -OCH3 is 1. The fourth-order valence-corrected chi connectivity index (χ4v) is 5.13. The molecular formula is C23H25FN4O2. The van der Waals surface area contributed by atoms with Crippen molar-refractivity contribution in [1.29, 1.82) is 0 Å². The number of hydrogen-bond donors (Lipinski definition) is 1. The zero-order valence-electron chi connectivity index (χ0n) is 16.9. The third-order valence-electron chi connectivity index (χ3n) is 6.75. The lowest BCUT2D eigenvalue weighted by atomic mass is 9.76. The Kier molecular flexibility index (Phi) is 4.98. The Morgan fingerprint density at radius 3 is 2.67 bits per heavy atom. The molecule has 2 unspecified atom stereocenters. The van der Waals surface area contributed by atoms with Crippen molar-refractivity contribution in [2.75, 3.05) is 7.11 Å². The molecule has 1 N–H and O–H groups in total. The molecule has 0 saturated heterocycles. The van der Waals surface area contributed by atoms with Crippen LogP contribution >= 0.6 is 0 Å². The topological polar surface area (TPSA) is 73.1 Å². The third-order valence-corrected chi connectivity index (χ3v) is 6.75. The maximum absolute atomic E-state index is 14.6. The molecule has 2 aliphatic rings. The van der Waals surface area contributed by atoms with E-state index in [9.17, 15) is 9.50 Å². The van der Waals surface area contributed by atoms with E-state index in [1.807, 2.05) is 23.0 Å². The maximum Gasteiger partial charge on any atom is 0.316 e. The summed E-state index contributed by atoms with van der Waals surface area (Å²) in [7, 11) is 1.56. The second-order valence-corrected chi connectivity index (χ2v) is 8.32. The predicted molar refractivity (Wildman–Crippen MR) is 110 cm³/mol. The van der Waals surface area contributed by atoms with Crippen molar-refractivity contribution in [2.24, 2.45) is 5.92 Å². The molecule has 1 aromatic carbocycles. The van der Waals surface area contributed by atoms with Crippen molar-refractivity contribution in [3.63, 3.8) is 0 Å². The highest BCUT2D eigenvalue weighted by Crippen LogP contribution is 2.45. The van der Waals surface area contributed by atoms with Gasteiger partial charge in [0.25, 0.3) is 0 Å². The van der Waals surface area contributed by atoms with E-state index in [0.717, 1.165) is 42.5 Å². The molecule has 6 nitrogen and oxygen atoms in total. The Bertz CT molecular complexity index is 1030. The van der Waals surface area contributed by atoms with E-state index < -0.39 is 6.10 Å². The summed E-state index contributed by atoms with van der Waals surface area (Å²) in [6, 6.07) is 5.34. The normalized spacial score (nSPS) is 23.6. The van der Waals surface area contributed by atoms with Crippen molar-refractivity contribution in [3.8, 4) is 17.3 Å². The number of benzene rings is 1. The Morgan fingerprint density at radius 1 is 1.17 bits per heavy atom. The van der Waals surface area contributed by atoms with E-state index in [1.54, 1.807) is 25.7 Å². The summed E-state index contributed by atoms with van der Waals surface area (Å²) < 4.78 is 21.7. The van der Waals surface area contributed by atoms with Crippen LogP contribution in [0.1, 0.15) is 55.2 Å². The van der Waals surface area contributed by atoms with E-state index in [-0.39, 0.29) is 17.8 Å². The van der Waals surface area contributed by atoms with E-state index in [2.05, 4.69) is 15.0 Å². The number of aromatic nitrogens is 4. The second kappa shape index (κ2) is 7.80. The molecule has 2 atom stereocenters. The van der Waals surface area contributed by atoms with Crippen LogP contribution in [0.25, 0.3) is 11.3 Å². The Balaban J connectivity index is 1.27. The molecule has 30 heavy (non-hydrogen) atoms. The lowest BCUT2D eigenvalue weighted by molar-refractivity contribution is 0.0649. The minimum Gasteiger partial charge on any atom is -0.467 e. The van der Waals surface area contributed by atoms with Gasteiger partial charge in [0.1, 0.15) is 5.82 Å². The standard InChI is InChI=1S/C23H25FN4O2/c1-30-23-26-10-16(11-27-23)14-5-7-15(8-6-14)21(29)9-19-22-17(3-2-4-18(22)24)20-12-25-13-28(19)20/h2-4,10-15,19,21,29H,5-9H2,1H3. The van der Waals surface area contributed by atoms with Gasteiger partial charge < -0.3 is 14.4 Å². The van der Waals surface area contributed by atoms with Crippen LogP contribution in [0.3, 0.4) is 0 Å². The van der Waals surface area contributed by atoms with Gasteiger partial charge >= 0.3 is 6.01 Å². The van der Waals surface area contributed by atoms with E-state index in [0.29, 0.717) is 23.9 Å². The number of ether oxygens (including phenoxy) is 1. The summed E-state index contributed by atoms with van der Waals surface area (Å²) in [5.41, 5.74) is 3.61. The Labute approximate surface area is 174 Å². The molecule has 0 amide bonds. The third kappa shape index (κ3) is 3.27. The lowest BCUT2D eigenvalue weighted by Crippen LogP contribution is -2.28. The monoisotopic (exact) mass is 408 g/mol. The summed E-state index contributed by atoms with van der Waals surface area (Å²) >= 11 is 0. The molecule has 1 fully saturated rings. The Hall–Kier alpha value is -2.80. The van der Waals surface area contributed by atoms with Crippen molar-refractivity contribution < 1.29 is 14.2 Å². The van der Waals surface area contributed by atoms with Gasteiger partial charge in [0.05, 0.1) is 37.5 Å². The fourth-order valence-electron chi connectivity index (χ4n) is 5.13. The van der Waals surface area contributed by atoms with Crippen molar-refractivity contribution in [3.05, 3.63) is 60.1 Å². The molecule has 1 aliphatic carbocycles. The molecule has 2 aromatic heterocycles. The van der Waals surface area contributed by atoms with Gasteiger partial charge in [0, 0.05) is 23.5 Å². The quantitative estimate of drug-likeness (QED) is 0.688. The van der Waals surface area contributed by atoms with Crippen LogP contribution in [-0.2, 0) is 0 Å². The molecule has 3 aromatic rings. The first-order chi connectivity index (χ1) is 14.7. The molecule has 3 heterocycles. The number of fused-ring (bicyclic) bond motifs is 3. The van der Waals surface area contributed by atoms with Crippen LogP contribution in [0.2, 0.25) is 0 Å². The Morgan fingerprint density at radius 2 is 1.93 bits per heavy atom. The van der Waals surface area contributed by atoms with Crippen LogP contribution < -0.4 is 4.74 Å². The maximum atomic E-state index is 14.6. The van der Waals surface area contributed by atoms with E-state index in [1.165, 1.54) is 6.07 Å². The molecule has 0 bridgehead atoms. The predicted octanol–water partition coefficient (Wildman–Crippen LogP) is 4.12. The molecule has 5 rings (SSSR count). The van der Waals surface area contributed by atoms with Gasteiger partial charge in [0.2, 0.25) is 0 Å². The zero-order chi connectivity index (χ0) is 20.7. The number of hydrogen-bond acceptors (Lipinski definition) is 5. The summed E-state index contributed by atoms with van der Waals surface area (Å²) in [6.07, 6.45) is 11.1. The van der Waals surface area contributed by atoms with Gasteiger partial charge in [-0.1, -0.05) is 12.1 Å². The molecule has 0 spiro atoms. The minimum atomic E-state index is -0.483. The zero-order valence-corrected chi connectivity index (χ0v) is 16.9. The first-order valence-corrected chi connectivity index (χ1v) is 10.5. The molecule has 156 valence electrons. The second-order valence-electron chi connectivity index (χ2n) is 8.32. The summed E-state index contributed by atoms with van der Waals surface area (Å²) in [4.78, 5) is 12.7. The highest BCUT2D eigenvalue weighted by molar-refractivity contribution is 5.69. The number of aliphatic hydroxyl groups is 1. The molecular weight excluding hydrogens is 383 g/mol. The smallest absolute Gasteiger partial charge is 0.316 e. The van der Waals surface area contributed by atoms with Gasteiger partial charge in [-0.3, -0.25) is 0 Å². The van der Waals surface area contributed by atoms with Gasteiger partial charge in [-0.25, -0.2) is 19.3 Å². The minimum absolute atomic E-state index is 0.207. The molecule has 0 radical (unpaired) electrons. The molecule has 1 saturated carbocycles. The average molecular weight is 408 g/mol. The van der Waals surface area contributed by atoms with Gasteiger partial charge in [-0.15, -0.1) is 0 Å². The summed E-state index contributed by atoms with van der Waals surface area (Å²) in [5.74, 6) is 0.407. The average Bonchev–Trinajstić information content (AvgIpc) is 3.37. The van der Waals surface area contributed by atoms with Crippen molar-refractivity contribution >= 4 is 0 Å². The SMILES string of the molecule is COc1ncc(C2CCC(C(O)CC3c4c(F)cccc4-c4cncn43)CC2)cn1. The van der Waals surface area contributed by atoms with Gasteiger partial charge in [-0.05, 0) is 55.6 Å². The molecule has 1 aliphatic heterocycles. The number of aliphatic hydroxyl groups excluding tert-OH is 1. The van der Waals surface area contributed by atoms with Crippen LogP contribution in [0.4, 0.5) is 4.39 Å². The number of imidazole rings is 1. The fraction of sp³-hybridized carbons (Fsp3) is 0.435. The summed E-state index contributed by atoms with van der Waals surface area (Å²) in [6.45, 7) is 0. The highest BCUT2D eigenvalue weighted by Gasteiger charge is 2.35. The van der Waals surface area contributed by atoms with Crippen LogP contribution in [-0.4, -0.2) is 37.8 Å². The van der Waals surface area contributed by atoms with Gasteiger partial charge in [0.15, 0.2) is 0 Å². The molecule has 7 heteroatoms. The van der Waals surface area contributed by atoms with E-state index >= 15 is 0 Å². The van der Waals surface area contributed by atoms with Crippen LogP contribution in [0.15, 0.2) is 43.1 Å². The largest absolute Gasteiger partial charge is 0.467 e. The first kappa shape index (κ1) is 19.2. The number of halogens is 1. The van der Waals surface area contributed by atoms with Gasteiger partial charge in [-0.2, -0.15) is 0 Å². The lowest BCUT2D eigenvalue weighted by Gasteiger charge is -2.32. The van der Waals surface area contributed by atoms with Crippen molar-refractivity contribution in [1.82, 2.24) is 19.5 Å². The van der Waals surface area contributed by atoms with Crippen LogP contribution in [0.5, 0.6) is 6.01 Å². The van der Waals surface area contributed by atoms with Crippen molar-refractivity contribution in [2.45, 2.75) is 50.2 Å². The number of rotatable bonds is 5. The van der Waals surface area contributed by atoms with Crippen LogP contribution in [0, 0.1) is 11.7 Å². The summed E-state index contributed by atoms with van der Waals surface area (Å²) in [5, 5.41) is 11.0. The highest BCUT2D eigenvalue weighted by atomic mass is 19.1. The van der Waals surface area contributed by atoms with E-state index in [4.69, 9.17) is 4.74 Å². The number of nitrogens with zero attached hydrogens (tertiary/aromatic N) is 4. The first-order valence-electron chi connectivity index (χ1n) is 10.5.